The maximum atomic E-state index is 4.40. The molecule has 0 saturated heterocycles. The SMILES string of the molecule is CCC1CCCC(C(NC)c2cnn(C)c2C)C1. The van der Waals surface area contributed by atoms with Crippen molar-refractivity contribution in [2.45, 2.75) is 52.0 Å². The van der Waals surface area contributed by atoms with Gasteiger partial charge in [-0.3, -0.25) is 4.68 Å². The van der Waals surface area contributed by atoms with Gasteiger partial charge in [-0.05, 0) is 38.6 Å². The van der Waals surface area contributed by atoms with Crippen molar-refractivity contribution in [3.8, 4) is 0 Å². The maximum absolute atomic E-state index is 4.40. The molecular weight excluding hydrogens is 222 g/mol. The van der Waals surface area contributed by atoms with Crippen molar-refractivity contribution in [3.05, 3.63) is 17.5 Å². The first kappa shape index (κ1) is 13.6. The lowest BCUT2D eigenvalue weighted by atomic mass is 9.75. The second-order valence-electron chi connectivity index (χ2n) is 5.78. The zero-order valence-corrected chi connectivity index (χ0v) is 12.2. The number of aromatic nitrogens is 2. The van der Waals surface area contributed by atoms with Crippen LogP contribution in [0.15, 0.2) is 6.20 Å². The van der Waals surface area contributed by atoms with Crippen molar-refractivity contribution >= 4 is 0 Å². The van der Waals surface area contributed by atoms with Gasteiger partial charge in [-0.15, -0.1) is 0 Å². The van der Waals surface area contributed by atoms with E-state index in [0.29, 0.717) is 6.04 Å². The average molecular weight is 249 g/mol. The van der Waals surface area contributed by atoms with Gasteiger partial charge in [0, 0.05) is 24.3 Å². The molecule has 0 bridgehead atoms. The third-order valence-electron chi connectivity index (χ3n) is 4.79. The molecule has 1 aliphatic rings. The maximum Gasteiger partial charge on any atom is 0.0540 e. The van der Waals surface area contributed by atoms with Crippen LogP contribution in [-0.2, 0) is 7.05 Å². The van der Waals surface area contributed by atoms with Gasteiger partial charge < -0.3 is 5.32 Å². The molecule has 0 radical (unpaired) electrons. The molecule has 0 spiro atoms. The molecule has 3 unspecified atom stereocenters. The fraction of sp³-hybridized carbons (Fsp3) is 0.800. The van der Waals surface area contributed by atoms with Gasteiger partial charge in [-0.2, -0.15) is 5.10 Å². The van der Waals surface area contributed by atoms with Crippen LogP contribution in [0.3, 0.4) is 0 Å². The average Bonchev–Trinajstić information content (AvgIpc) is 2.72. The first-order valence-electron chi connectivity index (χ1n) is 7.33. The normalized spacial score (nSPS) is 26.2. The minimum Gasteiger partial charge on any atom is -0.313 e. The topological polar surface area (TPSA) is 29.9 Å². The molecular formula is C15H27N3. The van der Waals surface area contributed by atoms with E-state index in [-0.39, 0.29) is 0 Å². The number of hydrogen-bond acceptors (Lipinski definition) is 2. The second-order valence-corrected chi connectivity index (χ2v) is 5.78. The summed E-state index contributed by atoms with van der Waals surface area (Å²) in [6.07, 6.45) is 8.92. The summed E-state index contributed by atoms with van der Waals surface area (Å²) in [7, 11) is 4.12. The number of hydrogen-bond donors (Lipinski definition) is 1. The molecule has 0 aliphatic heterocycles. The number of rotatable bonds is 4. The Kier molecular flexibility index (Phi) is 4.44. The van der Waals surface area contributed by atoms with Crippen LogP contribution in [0.2, 0.25) is 0 Å². The molecule has 3 atom stereocenters. The van der Waals surface area contributed by atoms with E-state index in [0.717, 1.165) is 11.8 Å². The van der Waals surface area contributed by atoms with Crippen LogP contribution in [0.1, 0.15) is 56.3 Å². The highest BCUT2D eigenvalue weighted by atomic mass is 15.3. The predicted octanol–water partition coefficient (Wildman–Crippen LogP) is 3.21. The third kappa shape index (κ3) is 2.61. The standard InChI is InChI=1S/C15H27N3/c1-5-12-7-6-8-13(9-12)15(16-3)14-10-17-18(4)11(14)2/h10,12-13,15-16H,5-9H2,1-4H3. The molecule has 2 rings (SSSR count). The monoisotopic (exact) mass is 249 g/mol. The van der Waals surface area contributed by atoms with E-state index in [9.17, 15) is 0 Å². The van der Waals surface area contributed by atoms with Gasteiger partial charge >= 0.3 is 0 Å². The molecule has 1 aliphatic carbocycles. The summed E-state index contributed by atoms with van der Waals surface area (Å²) in [4.78, 5) is 0. The summed E-state index contributed by atoms with van der Waals surface area (Å²) in [6.45, 7) is 4.50. The molecule has 102 valence electrons. The lowest BCUT2D eigenvalue weighted by molar-refractivity contribution is 0.214. The molecule has 1 fully saturated rings. The van der Waals surface area contributed by atoms with Gasteiger partial charge in [0.15, 0.2) is 0 Å². The Labute approximate surface area is 111 Å². The summed E-state index contributed by atoms with van der Waals surface area (Å²) in [5.41, 5.74) is 2.69. The quantitative estimate of drug-likeness (QED) is 0.888. The zero-order valence-electron chi connectivity index (χ0n) is 12.2. The van der Waals surface area contributed by atoms with Crippen LogP contribution in [0.25, 0.3) is 0 Å². The highest BCUT2D eigenvalue weighted by molar-refractivity contribution is 5.21. The van der Waals surface area contributed by atoms with Crippen molar-refractivity contribution in [2.75, 3.05) is 7.05 Å². The Morgan fingerprint density at radius 2 is 2.28 bits per heavy atom. The minimum atomic E-state index is 0.480. The van der Waals surface area contributed by atoms with Crippen molar-refractivity contribution in [1.82, 2.24) is 15.1 Å². The summed E-state index contributed by atoms with van der Waals surface area (Å²) in [6, 6.07) is 0.480. The van der Waals surface area contributed by atoms with E-state index in [2.05, 4.69) is 31.3 Å². The van der Waals surface area contributed by atoms with E-state index < -0.39 is 0 Å². The van der Waals surface area contributed by atoms with Gasteiger partial charge in [0.2, 0.25) is 0 Å². The molecule has 1 aromatic rings. The fourth-order valence-corrected chi connectivity index (χ4v) is 3.47. The lowest BCUT2D eigenvalue weighted by Gasteiger charge is -2.34. The van der Waals surface area contributed by atoms with E-state index in [1.807, 2.05) is 17.9 Å². The lowest BCUT2D eigenvalue weighted by Crippen LogP contribution is -2.29. The van der Waals surface area contributed by atoms with Crippen molar-refractivity contribution in [1.29, 1.82) is 0 Å². The molecule has 0 amide bonds. The highest BCUT2D eigenvalue weighted by Crippen LogP contribution is 2.38. The largest absolute Gasteiger partial charge is 0.313 e. The van der Waals surface area contributed by atoms with Crippen LogP contribution in [-0.4, -0.2) is 16.8 Å². The van der Waals surface area contributed by atoms with Gasteiger partial charge in [-0.1, -0.05) is 26.2 Å². The Balaban J connectivity index is 2.15. The molecule has 1 N–H and O–H groups in total. The van der Waals surface area contributed by atoms with Gasteiger partial charge in [0.05, 0.1) is 6.20 Å². The number of nitrogens with zero attached hydrogens (tertiary/aromatic N) is 2. The van der Waals surface area contributed by atoms with Crippen LogP contribution < -0.4 is 5.32 Å². The summed E-state index contributed by atoms with van der Waals surface area (Å²) in [5.74, 6) is 1.70. The smallest absolute Gasteiger partial charge is 0.0540 e. The Morgan fingerprint density at radius 1 is 1.50 bits per heavy atom. The molecule has 3 heteroatoms. The Morgan fingerprint density at radius 3 is 2.83 bits per heavy atom. The molecule has 1 aromatic heterocycles. The van der Waals surface area contributed by atoms with Crippen LogP contribution in [0.4, 0.5) is 0 Å². The van der Waals surface area contributed by atoms with Crippen LogP contribution in [0, 0.1) is 18.8 Å². The van der Waals surface area contributed by atoms with E-state index in [1.54, 1.807) is 0 Å². The number of nitrogens with one attached hydrogen (secondary N) is 1. The van der Waals surface area contributed by atoms with E-state index in [1.165, 1.54) is 43.4 Å². The number of aryl methyl sites for hydroxylation is 1. The Bertz CT molecular complexity index is 383. The first-order valence-corrected chi connectivity index (χ1v) is 7.33. The predicted molar refractivity (Wildman–Crippen MR) is 75.5 cm³/mol. The van der Waals surface area contributed by atoms with Crippen molar-refractivity contribution < 1.29 is 0 Å². The Hall–Kier alpha value is -0.830. The highest BCUT2D eigenvalue weighted by Gasteiger charge is 2.29. The van der Waals surface area contributed by atoms with E-state index >= 15 is 0 Å². The summed E-state index contributed by atoms with van der Waals surface area (Å²) >= 11 is 0. The van der Waals surface area contributed by atoms with Crippen LogP contribution in [0.5, 0.6) is 0 Å². The molecule has 18 heavy (non-hydrogen) atoms. The summed E-state index contributed by atoms with van der Waals surface area (Å²) in [5, 5.41) is 7.93. The second kappa shape index (κ2) is 5.87. The van der Waals surface area contributed by atoms with Gasteiger partial charge in [0.25, 0.3) is 0 Å². The summed E-state index contributed by atoms with van der Waals surface area (Å²) < 4.78 is 1.99. The molecule has 0 aromatic carbocycles. The van der Waals surface area contributed by atoms with Crippen LogP contribution >= 0.6 is 0 Å². The third-order valence-corrected chi connectivity index (χ3v) is 4.79. The van der Waals surface area contributed by atoms with E-state index in [4.69, 9.17) is 0 Å². The van der Waals surface area contributed by atoms with Gasteiger partial charge in [0.1, 0.15) is 0 Å². The zero-order chi connectivity index (χ0) is 13.1. The molecule has 3 nitrogen and oxygen atoms in total. The molecule has 1 saturated carbocycles. The fourth-order valence-electron chi connectivity index (χ4n) is 3.47. The van der Waals surface area contributed by atoms with Gasteiger partial charge in [-0.25, -0.2) is 0 Å². The first-order chi connectivity index (χ1) is 8.67. The minimum absolute atomic E-state index is 0.480. The molecule has 1 heterocycles. The van der Waals surface area contributed by atoms with Crippen molar-refractivity contribution in [2.24, 2.45) is 18.9 Å². The van der Waals surface area contributed by atoms with Crippen molar-refractivity contribution in [3.63, 3.8) is 0 Å².